The van der Waals surface area contributed by atoms with E-state index in [2.05, 4.69) is 9.93 Å². The molecule has 1 aromatic carbocycles. The Morgan fingerprint density at radius 3 is 2.40 bits per heavy atom. The summed E-state index contributed by atoms with van der Waals surface area (Å²) in [4.78, 5) is 2.80. The molecule has 1 aromatic rings. The molecule has 0 heterocycles. The Labute approximate surface area is 180 Å². The van der Waals surface area contributed by atoms with Gasteiger partial charge in [-0.25, -0.2) is 4.83 Å². The molecule has 30 heavy (non-hydrogen) atoms. The van der Waals surface area contributed by atoms with Crippen molar-refractivity contribution in [2.45, 2.75) is 75.7 Å². The van der Waals surface area contributed by atoms with Gasteiger partial charge in [0.15, 0.2) is 0 Å². The van der Waals surface area contributed by atoms with E-state index in [1.807, 2.05) is 19.1 Å². The molecule has 0 aromatic heterocycles. The fraction of sp³-hybridized carbons (Fsp3) is 0.708. The van der Waals surface area contributed by atoms with Crippen LogP contribution in [0.1, 0.15) is 63.4 Å². The number of aryl methyl sites for hydroxylation is 1. The van der Waals surface area contributed by atoms with Crippen LogP contribution in [0, 0.1) is 42.4 Å². The fourth-order valence-corrected chi connectivity index (χ4v) is 8.13. The van der Waals surface area contributed by atoms with Crippen LogP contribution in [0.15, 0.2) is 34.3 Å². The van der Waals surface area contributed by atoms with Gasteiger partial charge in [0.05, 0.1) is 11.0 Å². The number of nitrogens with zero attached hydrogens (tertiary/aromatic N) is 1. The lowest BCUT2D eigenvalue weighted by molar-refractivity contribution is -0.0411. The zero-order valence-corrected chi connectivity index (χ0v) is 18.7. The minimum Gasteiger partial charge on any atom is -0.393 e. The Morgan fingerprint density at radius 2 is 1.60 bits per heavy atom. The van der Waals surface area contributed by atoms with E-state index < -0.39 is 10.0 Å². The quantitative estimate of drug-likeness (QED) is 0.704. The molecule has 0 spiro atoms. The first-order valence-corrected chi connectivity index (χ1v) is 13.2. The molecule has 0 aliphatic heterocycles. The monoisotopic (exact) mass is 430 g/mol. The Morgan fingerprint density at radius 1 is 0.900 bits per heavy atom. The van der Waals surface area contributed by atoms with Crippen LogP contribution in [0.25, 0.3) is 0 Å². The first-order valence-electron chi connectivity index (χ1n) is 11.8. The van der Waals surface area contributed by atoms with Gasteiger partial charge in [-0.1, -0.05) is 17.7 Å². The molecule has 4 fully saturated rings. The van der Waals surface area contributed by atoms with Crippen LogP contribution in [0.5, 0.6) is 0 Å². The predicted molar refractivity (Wildman–Crippen MR) is 117 cm³/mol. The Kier molecular flexibility index (Phi) is 5.42. The highest BCUT2D eigenvalue weighted by Gasteiger charge is 2.51. The summed E-state index contributed by atoms with van der Waals surface area (Å²) in [5.74, 6) is 4.20. The number of nitrogens with one attached hydrogen (secondary N) is 1. The van der Waals surface area contributed by atoms with Gasteiger partial charge in [-0.2, -0.15) is 13.5 Å². The van der Waals surface area contributed by atoms with Gasteiger partial charge in [-0.05, 0) is 106 Å². The van der Waals surface area contributed by atoms with Gasteiger partial charge in [0, 0.05) is 11.6 Å². The minimum atomic E-state index is -3.61. The largest absolute Gasteiger partial charge is 0.393 e. The molecular weight excluding hydrogens is 396 g/mol. The molecule has 4 aliphatic carbocycles. The molecule has 5 nitrogen and oxygen atoms in total. The maximum atomic E-state index is 12.6. The second kappa shape index (κ2) is 7.94. The highest BCUT2D eigenvalue weighted by molar-refractivity contribution is 7.89. The summed E-state index contributed by atoms with van der Waals surface area (Å²) in [6, 6.07) is 6.91. The molecule has 2 N–H and O–H groups in total. The number of sulfonamides is 1. The maximum absolute atomic E-state index is 12.6. The summed E-state index contributed by atoms with van der Waals surface area (Å²) in [6.45, 7) is 1.95. The van der Waals surface area contributed by atoms with E-state index in [1.165, 1.54) is 25.7 Å². The third-order valence-electron chi connectivity index (χ3n) is 8.66. The second-order valence-corrected chi connectivity index (χ2v) is 11.9. The first kappa shape index (κ1) is 20.5. The zero-order chi connectivity index (χ0) is 20.9. The molecular formula is C24H34N2O3S. The van der Waals surface area contributed by atoms with Crippen molar-refractivity contribution in [3.63, 3.8) is 0 Å². The Hall–Kier alpha value is -1.40. The maximum Gasteiger partial charge on any atom is 0.276 e. The topological polar surface area (TPSA) is 78.8 Å². The van der Waals surface area contributed by atoms with Crippen molar-refractivity contribution < 1.29 is 13.5 Å². The number of rotatable bonds is 3. The van der Waals surface area contributed by atoms with E-state index in [4.69, 9.17) is 0 Å². The molecule has 7 atom stereocenters. The third kappa shape index (κ3) is 3.70. The highest BCUT2D eigenvalue weighted by Crippen LogP contribution is 2.57. The molecule has 4 saturated carbocycles. The Balaban J connectivity index is 1.28. The second-order valence-electron chi connectivity index (χ2n) is 10.2. The summed E-state index contributed by atoms with van der Waals surface area (Å²) in [6.07, 6.45) is 10.1. The number of aliphatic hydroxyl groups is 1. The molecule has 0 amide bonds. The molecule has 164 valence electrons. The van der Waals surface area contributed by atoms with Gasteiger partial charge in [-0.15, -0.1) is 0 Å². The molecule has 4 aliphatic rings. The number of hydrogen-bond donors (Lipinski definition) is 2. The average molecular weight is 431 g/mol. The molecule has 5 rings (SSSR count). The van der Waals surface area contributed by atoms with E-state index in [0.717, 1.165) is 67.1 Å². The lowest BCUT2D eigenvalue weighted by atomic mass is 9.53. The molecule has 0 bridgehead atoms. The Bertz CT molecular complexity index is 911. The van der Waals surface area contributed by atoms with Gasteiger partial charge in [0.2, 0.25) is 0 Å². The van der Waals surface area contributed by atoms with E-state index >= 15 is 0 Å². The van der Waals surface area contributed by atoms with Crippen molar-refractivity contribution in [1.82, 2.24) is 4.83 Å². The first-order chi connectivity index (χ1) is 14.4. The van der Waals surface area contributed by atoms with Gasteiger partial charge in [0.25, 0.3) is 10.0 Å². The van der Waals surface area contributed by atoms with Crippen molar-refractivity contribution >= 4 is 15.7 Å². The highest BCUT2D eigenvalue weighted by atomic mass is 32.2. The summed E-state index contributed by atoms with van der Waals surface area (Å²) in [7, 11) is -3.61. The zero-order valence-electron chi connectivity index (χ0n) is 17.8. The van der Waals surface area contributed by atoms with Crippen molar-refractivity contribution in [2.75, 3.05) is 0 Å². The summed E-state index contributed by atoms with van der Waals surface area (Å²) in [5, 5.41) is 14.5. The van der Waals surface area contributed by atoms with Crippen LogP contribution >= 0.6 is 0 Å². The normalized spacial score (nSPS) is 39.8. The van der Waals surface area contributed by atoms with Crippen molar-refractivity contribution in [2.24, 2.45) is 40.6 Å². The number of benzene rings is 1. The van der Waals surface area contributed by atoms with Crippen LogP contribution in [0.2, 0.25) is 0 Å². The van der Waals surface area contributed by atoms with E-state index in [1.54, 1.807) is 12.1 Å². The average Bonchev–Trinajstić information content (AvgIpc) is 3.15. The molecule has 0 unspecified atom stereocenters. The van der Waals surface area contributed by atoms with Crippen LogP contribution in [0.4, 0.5) is 0 Å². The summed E-state index contributed by atoms with van der Waals surface area (Å²) >= 11 is 0. The number of fused-ring (bicyclic) bond motifs is 5. The van der Waals surface area contributed by atoms with E-state index in [9.17, 15) is 13.5 Å². The van der Waals surface area contributed by atoms with E-state index in [-0.39, 0.29) is 11.0 Å². The summed E-state index contributed by atoms with van der Waals surface area (Å²) in [5.41, 5.74) is 2.10. The number of aliphatic hydroxyl groups excluding tert-OH is 1. The SMILES string of the molecule is Cc1ccc(S(=O)(=O)N/N=C2/CC[C@H]3[C@H]4CC[C@H]5C[C@@H](O)CC[C@@H]5[C@@H]4CC[C@H]23)cc1. The van der Waals surface area contributed by atoms with Gasteiger partial charge in [0.1, 0.15) is 0 Å². The molecule has 0 saturated heterocycles. The van der Waals surface area contributed by atoms with Crippen LogP contribution < -0.4 is 4.83 Å². The molecule has 6 heteroatoms. The lowest BCUT2D eigenvalue weighted by Crippen LogP contribution is -2.45. The summed E-state index contributed by atoms with van der Waals surface area (Å²) < 4.78 is 25.3. The third-order valence-corrected chi connectivity index (χ3v) is 9.89. The smallest absolute Gasteiger partial charge is 0.276 e. The van der Waals surface area contributed by atoms with Gasteiger partial charge < -0.3 is 5.11 Å². The predicted octanol–water partition coefficient (Wildman–Crippen LogP) is 4.25. The molecule has 0 radical (unpaired) electrons. The van der Waals surface area contributed by atoms with Crippen LogP contribution in [0.3, 0.4) is 0 Å². The van der Waals surface area contributed by atoms with Crippen molar-refractivity contribution in [3.8, 4) is 0 Å². The van der Waals surface area contributed by atoms with Crippen molar-refractivity contribution in [3.05, 3.63) is 29.8 Å². The number of hydrogen-bond acceptors (Lipinski definition) is 4. The van der Waals surface area contributed by atoms with Gasteiger partial charge in [-0.3, -0.25) is 0 Å². The van der Waals surface area contributed by atoms with Crippen LogP contribution in [-0.2, 0) is 10.0 Å². The van der Waals surface area contributed by atoms with Crippen LogP contribution in [-0.4, -0.2) is 25.3 Å². The van der Waals surface area contributed by atoms with Gasteiger partial charge >= 0.3 is 0 Å². The van der Waals surface area contributed by atoms with Crippen molar-refractivity contribution in [1.29, 1.82) is 0 Å². The minimum absolute atomic E-state index is 0.0779. The number of hydrazone groups is 1. The standard InChI is InChI=1S/C24H34N2O3S/c1-15-2-6-18(7-3-15)30(28,29)26-25-24-13-12-22-21-8-4-16-14-17(27)5-9-19(16)20(21)10-11-23(22)24/h2-3,6-7,16-17,19-23,26-27H,4-5,8-14H2,1H3/b25-24-/t16-,17-,19-,20-,21-,22-,23-/m0/s1. The van der Waals surface area contributed by atoms with E-state index in [0.29, 0.717) is 11.8 Å². The lowest BCUT2D eigenvalue weighted by Gasteiger charge is -2.52. The fourth-order valence-electron chi connectivity index (χ4n) is 7.30.